The second-order valence-corrected chi connectivity index (χ2v) is 10.5. The van der Waals surface area contributed by atoms with E-state index in [0.717, 1.165) is 24.0 Å². The van der Waals surface area contributed by atoms with E-state index in [0.29, 0.717) is 0 Å². The first-order valence-electron chi connectivity index (χ1n) is 12.3. The Hall–Kier alpha value is -3.35. The summed E-state index contributed by atoms with van der Waals surface area (Å²) in [7, 11) is 0. The van der Waals surface area contributed by atoms with Gasteiger partial charge in [0.15, 0.2) is 0 Å². The average molecular weight is 479 g/mol. The number of carboxylic acids is 1. The van der Waals surface area contributed by atoms with E-state index in [2.05, 4.69) is 29.6 Å². The van der Waals surface area contributed by atoms with Gasteiger partial charge in [-0.05, 0) is 61.8 Å². The third kappa shape index (κ3) is 5.84. The van der Waals surface area contributed by atoms with Gasteiger partial charge in [-0.25, -0.2) is 4.79 Å². The van der Waals surface area contributed by atoms with Crippen LogP contribution in [-0.2, 0) is 14.3 Å². The molecule has 1 atom stereocenters. The Morgan fingerprint density at radius 2 is 1.60 bits per heavy atom. The Balaban J connectivity index is 1.38. The van der Waals surface area contributed by atoms with Crippen LogP contribution in [0.5, 0.6) is 0 Å². The van der Waals surface area contributed by atoms with Crippen molar-refractivity contribution in [3.63, 3.8) is 0 Å². The number of nitrogens with one attached hydrogen (secondary N) is 1. The molecule has 1 unspecified atom stereocenters. The smallest absolute Gasteiger partial charge is 0.407 e. The maximum atomic E-state index is 13.1. The highest BCUT2D eigenvalue weighted by atomic mass is 16.5. The molecule has 0 heterocycles. The number of rotatable bonds is 9. The molecule has 0 radical (unpaired) electrons. The average Bonchev–Trinajstić information content (AvgIpc) is 3.59. The molecule has 2 aliphatic carbocycles. The lowest BCUT2D eigenvalue weighted by Crippen LogP contribution is -2.49. The molecule has 4 rings (SSSR count). The largest absolute Gasteiger partial charge is 0.481 e. The molecule has 7 heteroatoms. The van der Waals surface area contributed by atoms with Crippen LogP contribution in [0, 0.1) is 5.92 Å². The van der Waals surface area contributed by atoms with Gasteiger partial charge in [0.25, 0.3) is 0 Å². The number of ether oxygens (including phenoxy) is 1. The van der Waals surface area contributed by atoms with Crippen LogP contribution in [0.25, 0.3) is 11.1 Å². The number of aliphatic carboxylic acids is 1. The maximum Gasteiger partial charge on any atom is 0.407 e. The lowest BCUT2D eigenvalue weighted by atomic mass is 9.98. The molecule has 186 valence electrons. The number of alkyl carbamates (subject to hydrolysis) is 1. The first-order chi connectivity index (χ1) is 16.6. The Morgan fingerprint density at radius 3 is 2.11 bits per heavy atom. The molecule has 2 aromatic carbocycles. The molecular weight excluding hydrogens is 444 g/mol. The van der Waals surface area contributed by atoms with E-state index < -0.39 is 17.6 Å². The van der Waals surface area contributed by atoms with Crippen LogP contribution in [0.2, 0.25) is 0 Å². The minimum absolute atomic E-state index is 0.0263. The Bertz CT molecular complexity index is 1060. The SMILES string of the molecule is CC(C)(C)N(CCC(=O)O)C(=O)CC(NC(=O)OCC1c2ccccc2-c2ccccc21)C1CC1. The predicted molar refractivity (Wildman–Crippen MR) is 133 cm³/mol. The van der Waals surface area contributed by atoms with Gasteiger partial charge in [-0.1, -0.05) is 48.5 Å². The van der Waals surface area contributed by atoms with Gasteiger partial charge >= 0.3 is 12.1 Å². The summed E-state index contributed by atoms with van der Waals surface area (Å²) in [5, 5.41) is 12.0. The Kier molecular flexibility index (Phi) is 7.15. The van der Waals surface area contributed by atoms with E-state index in [1.165, 1.54) is 11.1 Å². The molecule has 0 saturated heterocycles. The van der Waals surface area contributed by atoms with Crippen molar-refractivity contribution in [2.24, 2.45) is 5.92 Å². The number of fused-ring (bicyclic) bond motifs is 3. The van der Waals surface area contributed by atoms with E-state index in [-0.39, 0.29) is 49.8 Å². The zero-order valence-corrected chi connectivity index (χ0v) is 20.6. The Labute approximate surface area is 206 Å². The predicted octanol–water partition coefficient (Wildman–Crippen LogP) is 4.80. The summed E-state index contributed by atoms with van der Waals surface area (Å²) in [6.45, 7) is 6.02. The quantitative estimate of drug-likeness (QED) is 0.540. The van der Waals surface area contributed by atoms with E-state index in [1.54, 1.807) is 4.90 Å². The van der Waals surface area contributed by atoms with Crippen LogP contribution in [0.4, 0.5) is 4.79 Å². The molecule has 7 nitrogen and oxygen atoms in total. The van der Waals surface area contributed by atoms with Crippen molar-refractivity contribution in [3.05, 3.63) is 59.7 Å². The number of hydrogen-bond donors (Lipinski definition) is 2. The van der Waals surface area contributed by atoms with E-state index >= 15 is 0 Å². The molecule has 0 aromatic heterocycles. The molecule has 35 heavy (non-hydrogen) atoms. The fourth-order valence-electron chi connectivity index (χ4n) is 4.97. The van der Waals surface area contributed by atoms with Crippen LogP contribution >= 0.6 is 0 Å². The fraction of sp³-hybridized carbons (Fsp3) is 0.464. The molecule has 1 fully saturated rings. The standard InChI is InChI=1S/C28H34N2O5/c1-28(2,3)30(15-14-26(32)33)25(31)16-24(18-12-13-18)29-27(34)35-17-23-21-10-6-4-8-19(21)20-9-5-7-11-22(20)23/h4-11,18,23-24H,12-17H2,1-3H3,(H,29,34)(H,32,33). The molecule has 2 N–H and O–H groups in total. The summed E-state index contributed by atoms with van der Waals surface area (Å²) in [5.41, 5.74) is 4.12. The zero-order valence-electron chi connectivity index (χ0n) is 20.6. The number of carbonyl (C=O) groups excluding carboxylic acids is 2. The summed E-state index contributed by atoms with van der Waals surface area (Å²) in [6, 6.07) is 16.0. The summed E-state index contributed by atoms with van der Waals surface area (Å²) >= 11 is 0. The number of carboxylic acid groups (broad SMARTS) is 1. The number of amides is 2. The van der Waals surface area contributed by atoms with Gasteiger partial charge in [0, 0.05) is 30.5 Å². The monoisotopic (exact) mass is 478 g/mol. The van der Waals surface area contributed by atoms with E-state index in [1.807, 2.05) is 45.0 Å². The minimum Gasteiger partial charge on any atom is -0.481 e. The summed E-state index contributed by atoms with van der Waals surface area (Å²) in [4.78, 5) is 38.6. The van der Waals surface area contributed by atoms with Crippen molar-refractivity contribution in [2.75, 3.05) is 13.2 Å². The highest BCUT2D eigenvalue weighted by Gasteiger charge is 2.37. The highest BCUT2D eigenvalue weighted by Crippen LogP contribution is 2.44. The van der Waals surface area contributed by atoms with Crippen LogP contribution < -0.4 is 5.32 Å². The van der Waals surface area contributed by atoms with Crippen molar-refractivity contribution in [1.82, 2.24) is 10.2 Å². The second-order valence-electron chi connectivity index (χ2n) is 10.5. The molecular formula is C28H34N2O5. The van der Waals surface area contributed by atoms with Gasteiger partial charge in [-0.3, -0.25) is 9.59 Å². The van der Waals surface area contributed by atoms with Crippen molar-refractivity contribution in [2.45, 2.75) is 64.0 Å². The van der Waals surface area contributed by atoms with Gasteiger partial charge in [-0.2, -0.15) is 0 Å². The molecule has 1 saturated carbocycles. The lowest BCUT2D eigenvalue weighted by molar-refractivity contribution is -0.140. The van der Waals surface area contributed by atoms with Crippen molar-refractivity contribution < 1.29 is 24.2 Å². The van der Waals surface area contributed by atoms with Gasteiger partial charge in [0.1, 0.15) is 6.61 Å². The first-order valence-corrected chi connectivity index (χ1v) is 12.3. The summed E-state index contributed by atoms with van der Waals surface area (Å²) < 4.78 is 5.68. The summed E-state index contributed by atoms with van der Waals surface area (Å²) in [5.74, 6) is -0.889. The summed E-state index contributed by atoms with van der Waals surface area (Å²) in [6.07, 6.45) is 1.39. The molecule has 2 aromatic rings. The van der Waals surface area contributed by atoms with Gasteiger partial charge in [0.05, 0.1) is 6.42 Å². The third-order valence-electron chi connectivity index (χ3n) is 6.89. The number of benzene rings is 2. The zero-order chi connectivity index (χ0) is 25.2. The number of carbonyl (C=O) groups is 3. The van der Waals surface area contributed by atoms with Crippen molar-refractivity contribution in [3.8, 4) is 11.1 Å². The van der Waals surface area contributed by atoms with Gasteiger partial charge in [0.2, 0.25) is 5.91 Å². The van der Waals surface area contributed by atoms with Crippen molar-refractivity contribution >= 4 is 18.0 Å². The second kappa shape index (κ2) is 10.1. The fourth-order valence-corrected chi connectivity index (χ4v) is 4.97. The van der Waals surface area contributed by atoms with Crippen LogP contribution in [0.15, 0.2) is 48.5 Å². The molecule has 2 amide bonds. The molecule has 0 aliphatic heterocycles. The minimum atomic E-state index is -0.942. The maximum absolute atomic E-state index is 13.1. The third-order valence-corrected chi connectivity index (χ3v) is 6.89. The normalized spacial score (nSPS) is 15.6. The number of nitrogens with zero attached hydrogens (tertiary/aromatic N) is 1. The van der Waals surface area contributed by atoms with Crippen molar-refractivity contribution in [1.29, 1.82) is 0 Å². The van der Waals surface area contributed by atoms with Gasteiger partial charge < -0.3 is 20.1 Å². The lowest BCUT2D eigenvalue weighted by Gasteiger charge is -2.36. The van der Waals surface area contributed by atoms with Crippen LogP contribution in [0.3, 0.4) is 0 Å². The topological polar surface area (TPSA) is 95.9 Å². The van der Waals surface area contributed by atoms with Gasteiger partial charge in [-0.15, -0.1) is 0 Å². The van der Waals surface area contributed by atoms with Crippen LogP contribution in [-0.4, -0.2) is 52.7 Å². The molecule has 0 spiro atoms. The van der Waals surface area contributed by atoms with Crippen LogP contribution in [0.1, 0.15) is 63.5 Å². The first kappa shape index (κ1) is 24.8. The van der Waals surface area contributed by atoms with E-state index in [4.69, 9.17) is 9.84 Å². The molecule has 0 bridgehead atoms. The number of hydrogen-bond acceptors (Lipinski definition) is 4. The highest BCUT2D eigenvalue weighted by molar-refractivity contribution is 5.80. The van der Waals surface area contributed by atoms with E-state index in [9.17, 15) is 14.4 Å². The Morgan fingerprint density at radius 1 is 1.03 bits per heavy atom. The molecule has 2 aliphatic rings.